The Morgan fingerprint density at radius 1 is 0.963 bits per heavy atom. The van der Waals surface area contributed by atoms with Crippen molar-refractivity contribution in [3.05, 3.63) is 68.8 Å². The first-order valence-electron chi connectivity index (χ1n) is 9.50. The van der Waals surface area contributed by atoms with Crippen molar-refractivity contribution in [3.8, 4) is 0 Å². The fraction of sp³-hybridized carbons (Fsp3) is 0.417. The van der Waals surface area contributed by atoms with Gasteiger partial charge in [-0.3, -0.25) is 0 Å². The van der Waals surface area contributed by atoms with Gasteiger partial charge >= 0.3 is 37.9 Å². The van der Waals surface area contributed by atoms with Gasteiger partial charge in [-0.05, 0) is 13.8 Å². The van der Waals surface area contributed by atoms with Crippen LogP contribution in [0, 0.1) is 48.5 Å². The average Bonchev–Trinajstić information content (AvgIpc) is 3.06. The fourth-order valence-electron chi connectivity index (χ4n) is 3.76. The van der Waals surface area contributed by atoms with E-state index in [9.17, 15) is 0 Å². The van der Waals surface area contributed by atoms with Gasteiger partial charge < -0.3 is 0 Å². The summed E-state index contributed by atoms with van der Waals surface area (Å²) in [5.74, 6) is 0. The van der Waals surface area contributed by atoms with Crippen LogP contribution in [-0.2, 0) is 27.3 Å². The molecule has 0 atom stereocenters. The molecule has 0 N–H and O–H groups in total. The number of hydrogen-bond donors (Lipinski definition) is 0. The van der Waals surface area contributed by atoms with E-state index in [1.165, 1.54) is 62.6 Å². The van der Waals surface area contributed by atoms with Crippen LogP contribution in [0.3, 0.4) is 0 Å². The van der Waals surface area contributed by atoms with Crippen LogP contribution in [0.4, 0.5) is 0 Å². The van der Waals surface area contributed by atoms with Crippen molar-refractivity contribution in [2.24, 2.45) is 0 Å². The van der Waals surface area contributed by atoms with Gasteiger partial charge in [0.25, 0.3) is 0 Å². The molecule has 0 nitrogen and oxygen atoms in total. The van der Waals surface area contributed by atoms with E-state index >= 15 is 0 Å². The molecule has 0 spiro atoms. The Morgan fingerprint density at radius 2 is 1.56 bits per heavy atom. The molecule has 0 radical (unpaired) electrons. The normalized spacial score (nSPS) is 10.0. The van der Waals surface area contributed by atoms with Gasteiger partial charge in [0.15, 0.2) is 0 Å². The van der Waals surface area contributed by atoms with Crippen molar-refractivity contribution in [1.82, 2.24) is 0 Å². The molecule has 0 heterocycles. The van der Waals surface area contributed by atoms with Crippen molar-refractivity contribution in [3.63, 3.8) is 0 Å². The Bertz CT molecular complexity index is 843. The quantitative estimate of drug-likeness (QED) is 0.321. The minimum absolute atomic E-state index is 0.826. The summed E-state index contributed by atoms with van der Waals surface area (Å²) in [5, 5.41) is 2.78. The van der Waals surface area contributed by atoms with Gasteiger partial charge in [0.1, 0.15) is 0 Å². The zero-order valence-corrected chi connectivity index (χ0v) is 21.9. The van der Waals surface area contributed by atoms with E-state index in [0.717, 1.165) is 0 Å². The molecule has 0 saturated heterocycles. The molecule has 0 amide bonds. The monoisotopic (exact) mass is 480 g/mol. The van der Waals surface area contributed by atoms with E-state index in [0.29, 0.717) is 0 Å². The molecule has 3 heteroatoms. The average molecular weight is 483 g/mol. The van der Waals surface area contributed by atoms with Crippen LogP contribution < -0.4 is 0 Å². The first-order valence-corrected chi connectivity index (χ1v) is 15.8. The second-order valence-electron chi connectivity index (χ2n) is 7.42. The summed E-state index contributed by atoms with van der Waals surface area (Å²) < 4.78 is 0. The Labute approximate surface area is 184 Å². The molecule has 3 aromatic rings. The number of aryl methyl sites for hydroxylation is 3. The summed E-state index contributed by atoms with van der Waals surface area (Å²) >= 11 is -0.826. The predicted molar refractivity (Wildman–Crippen MR) is 120 cm³/mol. The predicted octanol–water partition coefficient (Wildman–Crippen LogP) is 8.45. The molecule has 0 bridgehead atoms. The molecule has 0 aliphatic rings. The van der Waals surface area contributed by atoms with E-state index in [-0.39, 0.29) is 0 Å². The summed E-state index contributed by atoms with van der Waals surface area (Å²) in [6.45, 7) is 17.7. The zero-order chi connectivity index (χ0) is 20.7. The molecule has 3 aromatic carbocycles. The van der Waals surface area contributed by atoms with E-state index < -0.39 is 20.8 Å². The summed E-state index contributed by atoms with van der Waals surface area (Å²) in [5.41, 5.74) is 11.7. The van der Waals surface area contributed by atoms with Crippen LogP contribution in [0.25, 0.3) is 10.8 Å². The molecular formula is C24H32Cl2Zr. The van der Waals surface area contributed by atoms with Gasteiger partial charge in [0.05, 0.1) is 0 Å². The van der Waals surface area contributed by atoms with Crippen LogP contribution in [0.15, 0.2) is 24.3 Å². The maximum absolute atomic E-state index is 4.93. The number of rotatable bonds is 2. The Morgan fingerprint density at radius 3 is 2.04 bits per heavy atom. The summed E-state index contributed by atoms with van der Waals surface area (Å²) in [6.07, 6.45) is 2.50. The Kier molecular flexibility index (Phi) is 10.6. The topological polar surface area (TPSA) is 0 Å². The van der Waals surface area contributed by atoms with Gasteiger partial charge in [-0.25, -0.2) is 0 Å². The van der Waals surface area contributed by atoms with Crippen molar-refractivity contribution >= 4 is 27.8 Å². The van der Waals surface area contributed by atoms with E-state index in [1.807, 2.05) is 0 Å². The van der Waals surface area contributed by atoms with E-state index in [1.54, 1.807) is 5.56 Å². The minimum atomic E-state index is -0.826. The van der Waals surface area contributed by atoms with Crippen LogP contribution in [0.1, 0.15) is 57.9 Å². The Balaban J connectivity index is 0.000000236. The zero-order valence-electron chi connectivity index (χ0n) is 18.0. The van der Waals surface area contributed by atoms with Crippen molar-refractivity contribution < 1.29 is 20.8 Å². The second kappa shape index (κ2) is 11.6. The third kappa shape index (κ3) is 6.59. The molecule has 0 saturated carbocycles. The number of hydrogen-bond acceptors (Lipinski definition) is 0. The van der Waals surface area contributed by atoms with Crippen LogP contribution >= 0.6 is 17.0 Å². The molecular weight excluding hydrogens is 450 g/mol. The SMILES string of the molecule is CCCc1c(C)c(C)c(C)[c-]1C.Cc1cc(C)c2cc(C)[cH-]c2c1.[Cl][Zr+2][Cl]. The van der Waals surface area contributed by atoms with Gasteiger partial charge in [-0.2, -0.15) is 33.9 Å². The molecule has 0 unspecified atom stereocenters. The molecule has 146 valence electrons. The molecule has 3 rings (SSSR count). The number of halogens is 2. The standard InChI is InChI=1S/C12H13.C12H19.2ClH.Zr/c1-8-4-10(3)12-7-9(2)6-11(12)5-8;1-6-7-12-10(4)8(2)9(3)11(12)5;;;/h4-7H,1-3H3;6-7H2,1-5H3;2*1H;/q2*-1;;;+4/p-2. The van der Waals surface area contributed by atoms with Crippen LogP contribution in [-0.4, -0.2) is 0 Å². The summed E-state index contributed by atoms with van der Waals surface area (Å²) in [6, 6.07) is 8.98. The van der Waals surface area contributed by atoms with Gasteiger partial charge in [-0.1, -0.05) is 71.6 Å². The van der Waals surface area contributed by atoms with Crippen molar-refractivity contribution in [1.29, 1.82) is 0 Å². The fourth-order valence-corrected chi connectivity index (χ4v) is 3.76. The summed E-state index contributed by atoms with van der Waals surface area (Å²) in [7, 11) is 9.87. The maximum atomic E-state index is 4.93. The van der Waals surface area contributed by atoms with Gasteiger partial charge in [-0.15, -0.1) is 28.5 Å². The van der Waals surface area contributed by atoms with Crippen LogP contribution in [0.5, 0.6) is 0 Å². The number of fused-ring (bicyclic) bond motifs is 1. The molecule has 0 aliphatic carbocycles. The molecule has 0 aromatic heterocycles. The summed E-state index contributed by atoms with van der Waals surface area (Å²) in [4.78, 5) is 0. The molecule has 0 aliphatic heterocycles. The number of benzene rings is 1. The Hall–Kier alpha value is -0.357. The van der Waals surface area contributed by atoms with Crippen LogP contribution in [0.2, 0.25) is 0 Å². The first-order chi connectivity index (χ1) is 12.7. The van der Waals surface area contributed by atoms with E-state index in [2.05, 4.69) is 79.7 Å². The third-order valence-corrected chi connectivity index (χ3v) is 5.41. The first kappa shape index (κ1) is 24.7. The van der Waals surface area contributed by atoms with Gasteiger partial charge in [0, 0.05) is 0 Å². The van der Waals surface area contributed by atoms with Crippen molar-refractivity contribution in [2.45, 2.75) is 68.2 Å². The molecule has 27 heavy (non-hydrogen) atoms. The third-order valence-electron chi connectivity index (χ3n) is 5.41. The van der Waals surface area contributed by atoms with Gasteiger partial charge in [0.2, 0.25) is 0 Å². The van der Waals surface area contributed by atoms with E-state index in [4.69, 9.17) is 17.0 Å². The van der Waals surface area contributed by atoms with Crippen molar-refractivity contribution in [2.75, 3.05) is 0 Å². The second-order valence-corrected chi connectivity index (χ2v) is 11.1. The molecule has 0 fully saturated rings.